The van der Waals surface area contributed by atoms with Crippen molar-refractivity contribution in [3.63, 3.8) is 0 Å². The fourth-order valence-corrected chi connectivity index (χ4v) is 3.67. The summed E-state index contributed by atoms with van der Waals surface area (Å²) in [5.74, 6) is -1.31. The molecule has 0 radical (unpaired) electrons. The number of hydrogen-bond donors (Lipinski definition) is 0. The van der Waals surface area contributed by atoms with Crippen LogP contribution < -0.4 is 0 Å². The van der Waals surface area contributed by atoms with Gasteiger partial charge >= 0.3 is 5.97 Å². The summed E-state index contributed by atoms with van der Waals surface area (Å²) in [7, 11) is 1.64. The first-order valence-corrected chi connectivity index (χ1v) is 10.6. The van der Waals surface area contributed by atoms with Gasteiger partial charge in [0.05, 0.1) is 10.6 Å². The van der Waals surface area contributed by atoms with E-state index in [1.807, 2.05) is 47.8 Å². The number of thiophene rings is 1. The van der Waals surface area contributed by atoms with Crippen molar-refractivity contribution in [1.29, 1.82) is 0 Å². The van der Waals surface area contributed by atoms with E-state index in [9.17, 15) is 14.0 Å². The Morgan fingerprint density at radius 3 is 2.50 bits per heavy atom. The van der Waals surface area contributed by atoms with Crippen LogP contribution in [-0.4, -0.2) is 45.2 Å². The van der Waals surface area contributed by atoms with Gasteiger partial charge in [-0.1, -0.05) is 36.4 Å². The highest BCUT2D eigenvalue weighted by atomic mass is 32.1. The lowest BCUT2D eigenvalue weighted by Gasteiger charge is -2.16. The third kappa shape index (κ3) is 4.89. The van der Waals surface area contributed by atoms with Crippen LogP contribution in [0, 0.1) is 5.82 Å². The fraction of sp³-hybridized carbons (Fsp3) is 0.130. The molecule has 7 nitrogen and oxygen atoms in total. The van der Waals surface area contributed by atoms with E-state index >= 15 is 0 Å². The van der Waals surface area contributed by atoms with Gasteiger partial charge in [0.1, 0.15) is 5.82 Å². The van der Waals surface area contributed by atoms with Gasteiger partial charge in [-0.2, -0.15) is 4.98 Å². The zero-order chi connectivity index (χ0) is 22.5. The Morgan fingerprint density at radius 1 is 1.06 bits per heavy atom. The summed E-state index contributed by atoms with van der Waals surface area (Å²) in [6.07, 6.45) is 0. The van der Waals surface area contributed by atoms with Crippen LogP contribution in [0.1, 0.15) is 16.2 Å². The predicted octanol–water partition coefficient (Wildman–Crippen LogP) is 3.95. The number of esters is 1. The molecule has 0 atom stereocenters. The molecule has 0 saturated carbocycles. The molecule has 1 amide bonds. The largest absolute Gasteiger partial charge is 0.450 e. The minimum atomic E-state index is -0.815. The van der Waals surface area contributed by atoms with E-state index in [4.69, 9.17) is 4.74 Å². The summed E-state index contributed by atoms with van der Waals surface area (Å²) in [5, 5.41) is 6.12. The fourth-order valence-electron chi connectivity index (χ4n) is 2.97. The van der Waals surface area contributed by atoms with E-state index in [2.05, 4.69) is 10.1 Å². The number of ether oxygens (including phenoxy) is 1. The smallest absolute Gasteiger partial charge is 0.378 e. The maximum absolute atomic E-state index is 13.3. The molecule has 0 saturated heterocycles. The number of benzene rings is 2. The van der Waals surface area contributed by atoms with E-state index in [1.165, 1.54) is 45.2 Å². The molecular formula is C23H19FN4O3S. The van der Waals surface area contributed by atoms with E-state index in [-0.39, 0.29) is 17.5 Å². The molecule has 0 aliphatic carbocycles. The van der Waals surface area contributed by atoms with Crippen LogP contribution in [0.25, 0.3) is 16.4 Å². The number of halogens is 1. The van der Waals surface area contributed by atoms with E-state index in [0.717, 1.165) is 10.4 Å². The van der Waals surface area contributed by atoms with Crippen molar-refractivity contribution in [2.24, 2.45) is 0 Å². The van der Waals surface area contributed by atoms with Gasteiger partial charge in [0.15, 0.2) is 12.4 Å². The number of nitrogens with zero attached hydrogens (tertiary/aromatic N) is 4. The van der Waals surface area contributed by atoms with Gasteiger partial charge in [-0.25, -0.2) is 13.9 Å². The van der Waals surface area contributed by atoms with E-state index in [1.54, 1.807) is 7.05 Å². The minimum absolute atomic E-state index is 0.184. The van der Waals surface area contributed by atoms with Crippen molar-refractivity contribution in [3.8, 4) is 16.4 Å². The molecular weight excluding hydrogens is 431 g/mol. The van der Waals surface area contributed by atoms with Crippen LogP contribution in [0.3, 0.4) is 0 Å². The Balaban J connectivity index is 1.48. The van der Waals surface area contributed by atoms with Crippen LogP contribution in [0.5, 0.6) is 0 Å². The molecule has 0 aliphatic heterocycles. The molecule has 2 aromatic carbocycles. The summed E-state index contributed by atoms with van der Waals surface area (Å²) in [6, 6.07) is 18.9. The molecule has 0 bridgehead atoms. The number of aromatic nitrogens is 3. The monoisotopic (exact) mass is 450 g/mol. The van der Waals surface area contributed by atoms with Crippen molar-refractivity contribution in [1.82, 2.24) is 19.7 Å². The topological polar surface area (TPSA) is 77.3 Å². The van der Waals surface area contributed by atoms with Gasteiger partial charge in [-0.15, -0.1) is 16.4 Å². The van der Waals surface area contributed by atoms with E-state index in [0.29, 0.717) is 18.1 Å². The van der Waals surface area contributed by atoms with E-state index < -0.39 is 12.6 Å². The number of amides is 1. The highest BCUT2D eigenvalue weighted by Gasteiger charge is 2.22. The average Bonchev–Trinajstić information content (AvgIpc) is 3.48. The summed E-state index contributed by atoms with van der Waals surface area (Å²) in [4.78, 5) is 31.5. The van der Waals surface area contributed by atoms with Gasteiger partial charge in [0.25, 0.3) is 11.7 Å². The third-order valence-electron chi connectivity index (χ3n) is 4.62. The Bertz CT molecular complexity index is 1210. The van der Waals surface area contributed by atoms with Gasteiger partial charge in [-0.05, 0) is 41.3 Å². The van der Waals surface area contributed by atoms with Crippen molar-refractivity contribution < 1.29 is 18.7 Å². The highest BCUT2D eigenvalue weighted by molar-refractivity contribution is 7.13. The lowest BCUT2D eigenvalue weighted by atomic mass is 10.2. The summed E-state index contributed by atoms with van der Waals surface area (Å²) in [6.45, 7) is -0.0290. The second-order valence-corrected chi connectivity index (χ2v) is 7.88. The molecule has 2 aromatic heterocycles. The van der Waals surface area contributed by atoms with Crippen LogP contribution >= 0.6 is 11.3 Å². The minimum Gasteiger partial charge on any atom is -0.450 e. The number of hydrogen-bond acceptors (Lipinski definition) is 6. The van der Waals surface area contributed by atoms with Crippen molar-refractivity contribution in [2.75, 3.05) is 13.7 Å². The predicted molar refractivity (Wildman–Crippen MR) is 118 cm³/mol. The summed E-state index contributed by atoms with van der Waals surface area (Å²) < 4.78 is 19.9. The van der Waals surface area contributed by atoms with Gasteiger partial charge < -0.3 is 9.64 Å². The zero-order valence-corrected chi connectivity index (χ0v) is 18.0. The Hall–Kier alpha value is -3.85. The van der Waals surface area contributed by atoms with Crippen LogP contribution in [-0.2, 0) is 16.1 Å². The Kier molecular flexibility index (Phi) is 6.37. The second-order valence-electron chi connectivity index (χ2n) is 6.94. The molecule has 0 N–H and O–H groups in total. The molecule has 2 heterocycles. The van der Waals surface area contributed by atoms with Crippen molar-refractivity contribution in [2.45, 2.75) is 6.54 Å². The van der Waals surface area contributed by atoms with Gasteiger partial charge in [-0.3, -0.25) is 4.79 Å². The molecule has 0 fully saturated rings. The highest BCUT2D eigenvalue weighted by Crippen LogP contribution is 2.25. The van der Waals surface area contributed by atoms with Crippen LogP contribution in [0.4, 0.5) is 4.39 Å². The molecule has 32 heavy (non-hydrogen) atoms. The average molecular weight is 450 g/mol. The summed E-state index contributed by atoms with van der Waals surface area (Å²) >= 11 is 1.43. The SMILES string of the molecule is CN(Cc1ccccc1)C(=O)COC(=O)c1nc(-c2cccs2)n(-c2ccc(F)cc2)n1. The summed E-state index contributed by atoms with van der Waals surface area (Å²) in [5.41, 5.74) is 1.51. The first kappa shape index (κ1) is 21.4. The molecule has 9 heteroatoms. The number of likely N-dealkylation sites (N-methyl/N-ethyl adjacent to an activating group) is 1. The maximum atomic E-state index is 13.3. The van der Waals surface area contributed by atoms with Crippen LogP contribution in [0.15, 0.2) is 72.1 Å². The number of carbonyl (C=O) groups excluding carboxylic acids is 2. The van der Waals surface area contributed by atoms with Crippen molar-refractivity contribution in [3.05, 3.63) is 89.3 Å². The number of rotatable bonds is 7. The molecule has 0 aliphatic rings. The Labute approximate surface area is 187 Å². The van der Waals surface area contributed by atoms with Gasteiger partial charge in [0.2, 0.25) is 0 Å². The molecule has 162 valence electrons. The van der Waals surface area contributed by atoms with Gasteiger partial charge in [0, 0.05) is 13.6 Å². The van der Waals surface area contributed by atoms with Crippen LogP contribution in [0.2, 0.25) is 0 Å². The van der Waals surface area contributed by atoms with Crippen molar-refractivity contribution >= 4 is 23.2 Å². The lowest BCUT2D eigenvalue weighted by Crippen LogP contribution is -2.31. The maximum Gasteiger partial charge on any atom is 0.378 e. The first-order valence-electron chi connectivity index (χ1n) is 9.73. The zero-order valence-electron chi connectivity index (χ0n) is 17.1. The second kappa shape index (κ2) is 9.52. The molecule has 4 aromatic rings. The molecule has 4 rings (SSSR count). The normalized spacial score (nSPS) is 10.7. The Morgan fingerprint density at radius 2 is 1.81 bits per heavy atom. The lowest BCUT2D eigenvalue weighted by molar-refractivity contribution is -0.133. The quantitative estimate of drug-likeness (QED) is 0.399. The first-order chi connectivity index (χ1) is 15.5. The molecule has 0 spiro atoms. The number of carbonyl (C=O) groups is 2. The third-order valence-corrected chi connectivity index (χ3v) is 5.48. The standard InChI is InChI=1S/C23H19FN4O3S/c1-27(14-16-6-3-2-4-7-16)20(29)15-31-23(30)21-25-22(19-8-5-13-32-19)28(26-21)18-11-9-17(24)10-12-18/h2-13H,14-15H2,1H3. The molecule has 0 unspecified atom stereocenters.